The van der Waals surface area contributed by atoms with Crippen LogP contribution in [0.3, 0.4) is 0 Å². The first-order chi connectivity index (χ1) is 28.5. The van der Waals surface area contributed by atoms with Crippen LogP contribution in [0.2, 0.25) is 0 Å². The van der Waals surface area contributed by atoms with Gasteiger partial charge in [0.15, 0.2) is 9.84 Å². The van der Waals surface area contributed by atoms with Crippen molar-refractivity contribution in [3.05, 3.63) is 262 Å². The van der Waals surface area contributed by atoms with Crippen molar-refractivity contribution in [3.63, 3.8) is 0 Å². The molecule has 292 valence electrons. The summed E-state index contributed by atoms with van der Waals surface area (Å²) in [6.45, 7) is 0. The summed E-state index contributed by atoms with van der Waals surface area (Å²) >= 11 is 0. The Bertz CT molecular complexity index is 2580. The minimum Gasteiger partial charge on any atom is -0.226 e. The van der Waals surface area contributed by atoms with Gasteiger partial charge in [0.2, 0.25) is 0 Å². The number of benzene rings is 8. The molecule has 0 spiro atoms. The summed E-state index contributed by atoms with van der Waals surface area (Å²) in [6, 6.07) is 43.1. The first-order valence-corrected chi connectivity index (χ1v) is 19.9. The van der Waals surface area contributed by atoms with Gasteiger partial charge < -0.3 is 0 Å². The number of hydrogen-bond donors (Lipinski definition) is 0. The molecule has 0 atom stereocenters. The second kappa shape index (κ2) is 15.6. The summed E-state index contributed by atoms with van der Waals surface area (Å²) in [5.74, 6) is -4.20. The Balaban J connectivity index is 1.68. The molecule has 0 unspecified atom stereocenters. The van der Waals surface area contributed by atoms with Gasteiger partial charge in [0.1, 0.15) is 44.4 Å². The third-order valence-corrected chi connectivity index (χ3v) is 13.7. The second-order valence-corrected chi connectivity index (χ2v) is 16.2. The van der Waals surface area contributed by atoms with Crippen molar-refractivity contribution in [1.82, 2.24) is 0 Å². The zero-order chi connectivity index (χ0) is 41.4. The van der Waals surface area contributed by atoms with E-state index in [1.807, 2.05) is 0 Å². The van der Waals surface area contributed by atoms with E-state index in [0.29, 0.717) is 11.1 Å². The molecule has 0 saturated heterocycles. The summed E-state index contributed by atoms with van der Waals surface area (Å²) in [6.07, 6.45) is 0. The van der Waals surface area contributed by atoms with Crippen LogP contribution >= 0.6 is 0 Å². The van der Waals surface area contributed by atoms with E-state index in [1.165, 1.54) is 72.8 Å². The molecule has 59 heavy (non-hydrogen) atoms. The molecule has 0 aliphatic rings. The van der Waals surface area contributed by atoms with Crippen molar-refractivity contribution >= 4 is 9.84 Å². The van der Waals surface area contributed by atoms with Gasteiger partial charge in [-0.05, 0) is 128 Å². The maximum atomic E-state index is 17.6. The number of sulfone groups is 1. The normalized spacial score (nSPS) is 12.0. The highest BCUT2D eigenvalue weighted by atomic mass is 32.2. The summed E-state index contributed by atoms with van der Waals surface area (Å²) < 4.78 is 122. The number of hydrogen-bond acceptors (Lipinski definition) is 2. The second-order valence-electron chi connectivity index (χ2n) is 14.0. The van der Waals surface area contributed by atoms with E-state index in [2.05, 4.69) is 0 Å². The lowest BCUT2D eigenvalue weighted by Crippen LogP contribution is -2.52. The molecule has 0 aliphatic carbocycles. The van der Waals surface area contributed by atoms with Crippen LogP contribution in [-0.4, -0.2) is 8.42 Å². The molecule has 8 aromatic carbocycles. The first kappa shape index (κ1) is 39.1. The van der Waals surface area contributed by atoms with Crippen molar-refractivity contribution in [2.24, 2.45) is 0 Å². The Morgan fingerprint density at radius 1 is 0.305 bits per heavy atom. The van der Waals surface area contributed by atoms with Crippen LogP contribution in [0.15, 0.2) is 194 Å². The van der Waals surface area contributed by atoms with Crippen molar-refractivity contribution < 1.29 is 34.8 Å². The zero-order valence-corrected chi connectivity index (χ0v) is 31.8. The van der Waals surface area contributed by atoms with E-state index in [0.717, 1.165) is 60.7 Å². The fourth-order valence-electron chi connectivity index (χ4n) is 8.19. The zero-order valence-electron chi connectivity index (χ0n) is 31.0. The molecule has 0 fully saturated rings. The lowest BCUT2D eigenvalue weighted by atomic mass is 9.79. The predicted octanol–water partition coefficient (Wildman–Crippen LogP) is 12.6. The Morgan fingerprint density at radius 2 is 0.559 bits per heavy atom. The molecule has 0 heterocycles. The van der Waals surface area contributed by atoms with Gasteiger partial charge in [-0.15, -0.1) is 0 Å². The van der Waals surface area contributed by atoms with Gasteiger partial charge in [-0.25, -0.2) is 34.8 Å². The lowest BCUT2D eigenvalue weighted by molar-refractivity contribution is 0.544. The van der Waals surface area contributed by atoms with Crippen molar-refractivity contribution in [1.29, 1.82) is 0 Å². The smallest absolute Gasteiger partial charge is 0.186 e. The van der Waals surface area contributed by atoms with Crippen molar-refractivity contribution in [2.75, 3.05) is 0 Å². The Kier molecular flexibility index (Phi) is 10.3. The van der Waals surface area contributed by atoms with Crippen LogP contribution in [-0.2, 0) is 19.3 Å². The minimum absolute atomic E-state index is 0.0136. The van der Waals surface area contributed by atoms with E-state index in [9.17, 15) is 0 Å². The quantitative estimate of drug-likeness (QED) is 0.102. The topological polar surface area (TPSA) is 34.1 Å². The molecule has 0 amide bonds. The molecule has 0 aliphatic heterocycles. The van der Waals surface area contributed by atoms with Gasteiger partial charge in [-0.2, -0.15) is 0 Å². The van der Waals surface area contributed by atoms with Crippen LogP contribution in [0.1, 0.15) is 33.4 Å². The maximum Gasteiger partial charge on any atom is 0.186 e. The average molecular weight is 811 g/mol. The molecule has 0 bridgehead atoms. The van der Waals surface area contributed by atoms with Gasteiger partial charge >= 0.3 is 0 Å². The van der Waals surface area contributed by atoms with Crippen LogP contribution in [0, 0.1) is 34.9 Å². The van der Waals surface area contributed by atoms with E-state index < -0.39 is 54.2 Å². The van der Waals surface area contributed by atoms with E-state index >= 15 is 34.8 Å². The molecular weight excluding hydrogens is 779 g/mol. The summed E-state index contributed by atoms with van der Waals surface area (Å²) in [7, 11) is -5.38. The van der Waals surface area contributed by atoms with Gasteiger partial charge in [0, 0.05) is 0 Å². The Morgan fingerprint density at radius 3 is 0.831 bits per heavy atom. The molecular formula is C50H32F6O2S. The summed E-state index contributed by atoms with van der Waals surface area (Å²) in [4.78, 5) is 0. The summed E-state index contributed by atoms with van der Waals surface area (Å²) in [5.41, 5.74) is 0.892. The molecule has 0 N–H and O–H groups in total. The highest BCUT2D eigenvalue weighted by molar-refractivity contribution is 7.94. The van der Waals surface area contributed by atoms with Gasteiger partial charge in [-0.3, -0.25) is 0 Å². The molecule has 9 heteroatoms. The average Bonchev–Trinajstić information content (AvgIpc) is 3.25. The summed E-state index contributed by atoms with van der Waals surface area (Å²) in [5, 5.41) is 0. The Labute approximate surface area is 337 Å². The van der Waals surface area contributed by atoms with Crippen LogP contribution in [0.4, 0.5) is 26.3 Å². The van der Waals surface area contributed by atoms with Gasteiger partial charge in [0.25, 0.3) is 0 Å². The fourth-order valence-corrected chi connectivity index (χ4v) is 11.4. The monoisotopic (exact) mass is 810 g/mol. The highest BCUT2D eigenvalue weighted by Crippen LogP contribution is 2.59. The van der Waals surface area contributed by atoms with E-state index in [4.69, 9.17) is 0 Å². The molecule has 8 rings (SSSR count). The fraction of sp³-hybridized carbons (Fsp3) is 0.0400. The van der Waals surface area contributed by atoms with Crippen LogP contribution < -0.4 is 0 Å². The van der Waals surface area contributed by atoms with E-state index in [-0.39, 0.29) is 44.5 Å². The molecule has 0 radical (unpaired) electrons. The minimum atomic E-state index is -5.38. The van der Waals surface area contributed by atoms with Gasteiger partial charge in [0.05, 0.1) is 0 Å². The van der Waals surface area contributed by atoms with Crippen molar-refractivity contribution in [2.45, 2.75) is 9.49 Å². The maximum absolute atomic E-state index is 17.6. The third kappa shape index (κ3) is 6.61. The number of halogens is 6. The SMILES string of the molecule is O=S(=O)(C(c1ccc(F)cc1)(c1ccc(F)cc1)c1ccc(F)cc1-c1ccccc1)C(c1ccc(F)cc1)(c1ccc(F)cc1)c1ccc(F)cc1-c1ccccc1. The number of rotatable bonds is 10. The molecule has 0 aromatic heterocycles. The molecule has 8 aromatic rings. The first-order valence-electron chi connectivity index (χ1n) is 18.5. The molecule has 0 saturated carbocycles. The van der Waals surface area contributed by atoms with Crippen molar-refractivity contribution in [3.8, 4) is 22.3 Å². The van der Waals surface area contributed by atoms with E-state index in [1.54, 1.807) is 60.7 Å². The third-order valence-electron chi connectivity index (χ3n) is 10.7. The Hall–Kier alpha value is -6.71. The highest BCUT2D eigenvalue weighted by Gasteiger charge is 2.62. The van der Waals surface area contributed by atoms with Crippen LogP contribution in [0.25, 0.3) is 22.3 Å². The predicted molar refractivity (Wildman–Crippen MR) is 218 cm³/mol. The largest absolute Gasteiger partial charge is 0.226 e. The standard InChI is InChI=1S/C50H32F6O2S/c51-39-19-11-35(12-20-39)49(36-13-21-40(52)22-14-36,47-29-27-43(55)31-45(47)33-7-3-1-4-8-33)59(57,58)50(37-15-23-41(53)24-16-37,38-17-25-42(54)26-18-38)48-30-28-44(56)32-46(48)34-9-5-2-6-10-34/h1-32H. The van der Waals surface area contributed by atoms with Crippen LogP contribution in [0.5, 0.6) is 0 Å². The van der Waals surface area contributed by atoms with Gasteiger partial charge in [-0.1, -0.05) is 121 Å². The molecule has 2 nitrogen and oxygen atoms in total. The lowest BCUT2D eigenvalue weighted by Gasteiger charge is -2.46.